The number of aromatic nitrogens is 2. The Labute approximate surface area is 146 Å². The van der Waals surface area contributed by atoms with Gasteiger partial charge in [0.05, 0.1) is 0 Å². The molecule has 1 aliphatic heterocycles. The maximum Gasteiger partial charge on any atom is 0.242 e. The van der Waals surface area contributed by atoms with Crippen molar-refractivity contribution in [2.45, 2.75) is 43.7 Å². The molecule has 0 unspecified atom stereocenters. The van der Waals surface area contributed by atoms with Gasteiger partial charge in [-0.1, -0.05) is 12.1 Å². The molecular formula is C19H23FN4O. The Bertz CT molecular complexity index is 712. The zero-order valence-electron chi connectivity index (χ0n) is 14.1. The Balaban J connectivity index is 1.57. The average Bonchev–Trinajstić information content (AvgIpc) is 3.25. The van der Waals surface area contributed by atoms with Crippen molar-refractivity contribution in [1.82, 2.24) is 20.4 Å². The van der Waals surface area contributed by atoms with E-state index in [-0.39, 0.29) is 17.8 Å². The van der Waals surface area contributed by atoms with Gasteiger partial charge >= 0.3 is 0 Å². The molecule has 2 fully saturated rings. The number of nitrogens with one attached hydrogen (secondary N) is 2. The summed E-state index contributed by atoms with van der Waals surface area (Å²) >= 11 is 0. The van der Waals surface area contributed by atoms with Crippen LogP contribution in [0.15, 0.2) is 36.5 Å². The summed E-state index contributed by atoms with van der Waals surface area (Å²) in [6.45, 7) is 1.66. The van der Waals surface area contributed by atoms with Crippen molar-refractivity contribution in [3.05, 3.63) is 53.6 Å². The predicted octanol–water partition coefficient (Wildman–Crippen LogP) is 2.75. The molecule has 2 heterocycles. The van der Waals surface area contributed by atoms with Gasteiger partial charge in [-0.2, -0.15) is 5.10 Å². The monoisotopic (exact) mass is 342 g/mol. The van der Waals surface area contributed by atoms with E-state index in [1.807, 2.05) is 6.07 Å². The van der Waals surface area contributed by atoms with Gasteiger partial charge in [0.25, 0.3) is 0 Å². The highest BCUT2D eigenvalue weighted by molar-refractivity contribution is 5.83. The molecule has 132 valence electrons. The van der Waals surface area contributed by atoms with Crippen molar-refractivity contribution < 1.29 is 9.18 Å². The summed E-state index contributed by atoms with van der Waals surface area (Å²) < 4.78 is 13.3. The average molecular weight is 342 g/mol. The molecule has 1 aliphatic carbocycles. The van der Waals surface area contributed by atoms with E-state index in [9.17, 15) is 9.18 Å². The first-order chi connectivity index (χ1) is 12.2. The largest absolute Gasteiger partial charge is 0.352 e. The van der Waals surface area contributed by atoms with Crippen molar-refractivity contribution in [3.63, 3.8) is 0 Å². The first-order valence-corrected chi connectivity index (χ1v) is 9.00. The number of carbonyl (C=O) groups is 1. The van der Waals surface area contributed by atoms with Crippen molar-refractivity contribution in [2.24, 2.45) is 0 Å². The number of rotatable bonds is 5. The summed E-state index contributed by atoms with van der Waals surface area (Å²) in [6.07, 6.45) is 5.99. The number of hydrogen-bond donors (Lipinski definition) is 2. The zero-order chi connectivity index (χ0) is 17.2. The highest BCUT2D eigenvalue weighted by Gasteiger charge is 2.35. The highest BCUT2D eigenvalue weighted by atomic mass is 19.1. The number of halogens is 1. The lowest BCUT2D eigenvalue weighted by atomic mass is 9.92. The van der Waals surface area contributed by atoms with Gasteiger partial charge in [0.15, 0.2) is 0 Å². The summed E-state index contributed by atoms with van der Waals surface area (Å²) in [6, 6.07) is 8.27. The number of aromatic amines is 1. The van der Waals surface area contributed by atoms with Crippen LogP contribution in [0.2, 0.25) is 0 Å². The molecule has 2 aliphatic rings. The molecule has 1 aromatic carbocycles. The number of likely N-dealkylation sites (tertiary alicyclic amines) is 1. The second-order valence-corrected chi connectivity index (χ2v) is 7.08. The first kappa shape index (κ1) is 16.3. The summed E-state index contributed by atoms with van der Waals surface area (Å²) in [4.78, 5) is 15.1. The fourth-order valence-corrected chi connectivity index (χ4v) is 3.67. The van der Waals surface area contributed by atoms with E-state index in [1.54, 1.807) is 18.3 Å². The lowest BCUT2D eigenvalue weighted by Crippen LogP contribution is -2.45. The molecular weight excluding hydrogens is 319 g/mol. The molecule has 0 radical (unpaired) electrons. The Morgan fingerprint density at radius 1 is 1.24 bits per heavy atom. The topological polar surface area (TPSA) is 61.0 Å². The molecule has 6 heteroatoms. The van der Waals surface area contributed by atoms with E-state index in [2.05, 4.69) is 20.4 Å². The standard InChI is InChI=1S/C19H23FN4O/c20-15-5-3-13(4-6-15)18(19(25)22-16-7-8-16)24-11-1-2-14(12-24)17-9-10-21-23-17/h3-6,9-10,14,16,18H,1-2,7-8,11-12H2,(H,21,23)(H,22,25)/t14-,18-/m0/s1. The van der Waals surface area contributed by atoms with Crippen LogP contribution in [0.1, 0.15) is 48.9 Å². The van der Waals surface area contributed by atoms with E-state index in [0.29, 0.717) is 12.0 Å². The van der Waals surface area contributed by atoms with Crippen molar-refractivity contribution in [1.29, 1.82) is 0 Å². The van der Waals surface area contributed by atoms with Crippen LogP contribution in [0.5, 0.6) is 0 Å². The molecule has 0 bridgehead atoms. The minimum atomic E-state index is -0.369. The van der Waals surface area contributed by atoms with Gasteiger partial charge in [0.2, 0.25) is 5.91 Å². The fourth-order valence-electron chi connectivity index (χ4n) is 3.67. The van der Waals surface area contributed by atoms with E-state index in [0.717, 1.165) is 50.0 Å². The second kappa shape index (κ2) is 6.96. The molecule has 4 rings (SSSR count). The van der Waals surface area contributed by atoms with Crippen LogP contribution < -0.4 is 5.32 Å². The van der Waals surface area contributed by atoms with Gasteiger partial charge in [-0.15, -0.1) is 0 Å². The summed E-state index contributed by atoms with van der Waals surface area (Å²) in [7, 11) is 0. The van der Waals surface area contributed by atoms with Gasteiger partial charge in [0, 0.05) is 30.4 Å². The van der Waals surface area contributed by atoms with Crippen LogP contribution >= 0.6 is 0 Å². The van der Waals surface area contributed by atoms with Crippen LogP contribution in [0.3, 0.4) is 0 Å². The van der Waals surface area contributed by atoms with Crippen molar-refractivity contribution >= 4 is 5.91 Å². The van der Waals surface area contributed by atoms with Crippen molar-refractivity contribution in [2.75, 3.05) is 13.1 Å². The number of carbonyl (C=O) groups excluding carboxylic acids is 1. The third kappa shape index (κ3) is 3.74. The molecule has 1 saturated carbocycles. The SMILES string of the molecule is O=C(NC1CC1)[C@H](c1ccc(F)cc1)N1CCC[C@H](c2ccn[nH]2)C1. The Morgan fingerprint density at radius 3 is 2.72 bits per heavy atom. The van der Waals surface area contributed by atoms with E-state index in [4.69, 9.17) is 0 Å². The lowest BCUT2D eigenvalue weighted by Gasteiger charge is -2.37. The molecule has 1 saturated heterocycles. The number of hydrogen-bond acceptors (Lipinski definition) is 3. The van der Waals surface area contributed by atoms with Gasteiger partial charge in [-0.05, 0) is 56.0 Å². The van der Waals surface area contributed by atoms with Crippen LogP contribution in [-0.4, -0.2) is 40.1 Å². The Hall–Kier alpha value is -2.21. The number of piperidine rings is 1. The summed E-state index contributed by atoms with van der Waals surface area (Å²) in [5, 5.41) is 10.2. The maximum absolute atomic E-state index is 13.3. The number of nitrogens with zero attached hydrogens (tertiary/aromatic N) is 2. The molecule has 1 amide bonds. The third-order valence-electron chi connectivity index (χ3n) is 5.14. The molecule has 0 spiro atoms. The number of amides is 1. The quantitative estimate of drug-likeness (QED) is 0.878. The van der Waals surface area contributed by atoms with Gasteiger partial charge < -0.3 is 5.32 Å². The van der Waals surface area contributed by atoms with Gasteiger partial charge in [-0.3, -0.25) is 14.8 Å². The third-order valence-corrected chi connectivity index (χ3v) is 5.14. The number of benzene rings is 1. The Kier molecular flexibility index (Phi) is 4.53. The molecule has 2 aromatic rings. The molecule has 5 nitrogen and oxygen atoms in total. The zero-order valence-corrected chi connectivity index (χ0v) is 14.1. The minimum absolute atomic E-state index is 0.0272. The predicted molar refractivity (Wildman–Crippen MR) is 92.4 cm³/mol. The first-order valence-electron chi connectivity index (χ1n) is 9.00. The normalized spacial score (nSPS) is 22.5. The van der Waals surface area contributed by atoms with E-state index in [1.165, 1.54) is 12.1 Å². The molecule has 2 atom stereocenters. The summed E-state index contributed by atoms with van der Waals surface area (Å²) in [5.74, 6) is 0.0892. The van der Waals surface area contributed by atoms with Crippen molar-refractivity contribution in [3.8, 4) is 0 Å². The molecule has 25 heavy (non-hydrogen) atoms. The van der Waals surface area contributed by atoms with Crippen LogP contribution in [0.4, 0.5) is 4.39 Å². The summed E-state index contributed by atoms with van der Waals surface area (Å²) in [5.41, 5.74) is 1.97. The van der Waals surface area contributed by atoms with Gasteiger partial charge in [0.1, 0.15) is 11.9 Å². The molecule has 1 aromatic heterocycles. The molecule has 2 N–H and O–H groups in total. The van der Waals surface area contributed by atoms with E-state index < -0.39 is 0 Å². The Morgan fingerprint density at radius 2 is 2.04 bits per heavy atom. The van der Waals surface area contributed by atoms with Crippen LogP contribution in [0, 0.1) is 5.82 Å². The van der Waals surface area contributed by atoms with E-state index >= 15 is 0 Å². The maximum atomic E-state index is 13.3. The van der Waals surface area contributed by atoms with Crippen LogP contribution in [-0.2, 0) is 4.79 Å². The fraction of sp³-hybridized carbons (Fsp3) is 0.474. The lowest BCUT2D eigenvalue weighted by molar-refractivity contribution is -0.127. The van der Waals surface area contributed by atoms with Gasteiger partial charge in [-0.25, -0.2) is 4.39 Å². The second-order valence-electron chi connectivity index (χ2n) is 7.08. The highest BCUT2D eigenvalue weighted by Crippen LogP contribution is 2.32. The smallest absolute Gasteiger partial charge is 0.242 e. The minimum Gasteiger partial charge on any atom is -0.352 e. The number of H-pyrrole nitrogens is 1. The van der Waals surface area contributed by atoms with Crippen LogP contribution in [0.25, 0.3) is 0 Å².